The van der Waals surface area contributed by atoms with E-state index in [0.717, 1.165) is 0 Å². The van der Waals surface area contributed by atoms with Gasteiger partial charge in [-0.05, 0) is 24.6 Å². The number of ether oxygens (including phenoxy) is 1. The van der Waals surface area contributed by atoms with E-state index >= 15 is 0 Å². The summed E-state index contributed by atoms with van der Waals surface area (Å²) in [5.74, 6) is 0.520. The highest BCUT2D eigenvalue weighted by Gasteiger charge is 2.39. The molecule has 2 aromatic carbocycles. The molecular formula is C22H15F3N4O3. The van der Waals surface area contributed by atoms with Crippen molar-refractivity contribution in [3.63, 3.8) is 0 Å². The fraction of sp³-hybridized carbons (Fsp3) is 0.136. The molecule has 7 nitrogen and oxygen atoms in total. The van der Waals surface area contributed by atoms with Crippen LogP contribution in [0.15, 0.2) is 57.7 Å². The highest BCUT2D eigenvalue weighted by molar-refractivity contribution is 5.82. The average molecular weight is 440 g/mol. The van der Waals surface area contributed by atoms with Gasteiger partial charge >= 0.3 is 6.18 Å². The van der Waals surface area contributed by atoms with E-state index in [1.165, 1.54) is 19.2 Å². The van der Waals surface area contributed by atoms with Crippen LogP contribution in [0.3, 0.4) is 0 Å². The molecular weight excluding hydrogens is 425 g/mol. The number of nitrogens with one attached hydrogen (secondary N) is 1. The molecule has 5 rings (SSSR count). The Morgan fingerprint density at radius 3 is 2.53 bits per heavy atom. The topological polar surface area (TPSA) is 85.4 Å². The van der Waals surface area contributed by atoms with Gasteiger partial charge in [0.2, 0.25) is 5.89 Å². The van der Waals surface area contributed by atoms with Gasteiger partial charge in [0.05, 0.1) is 12.7 Å². The molecule has 0 unspecified atom stereocenters. The third kappa shape index (κ3) is 3.03. The molecule has 0 amide bonds. The molecule has 3 heterocycles. The predicted molar refractivity (Wildman–Crippen MR) is 111 cm³/mol. The number of fused-ring (bicyclic) bond motifs is 2. The number of aromatic nitrogens is 4. The van der Waals surface area contributed by atoms with Crippen LogP contribution >= 0.6 is 0 Å². The summed E-state index contributed by atoms with van der Waals surface area (Å²) in [4.78, 5) is 20.5. The van der Waals surface area contributed by atoms with E-state index in [1.54, 1.807) is 43.3 Å². The number of hydrogen-bond donors (Lipinski definition) is 1. The van der Waals surface area contributed by atoms with Gasteiger partial charge in [0.25, 0.3) is 5.56 Å². The highest BCUT2D eigenvalue weighted by atomic mass is 19.4. The molecule has 32 heavy (non-hydrogen) atoms. The van der Waals surface area contributed by atoms with E-state index < -0.39 is 17.4 Å². The fourth-order valence-electron chi connectivity index (χ4n) is 3.66. The van der Waals surface area contributed by atoms with Gasteiger partial charge < -0.3 is 14.1 Å². The van der Waals surface area contributed by atoms with Crippen molar-refractivity contribution >= 4 is 16.7 Å². The smallest absolute Gasteiger partial charge is 0.435 e. The van der Waals surface area contributed by atoms with Crippen molar-refractivity contribution in [2.24, 2.45) is 0 Å². The minimum absolute atomic E-state index is 0.0106. The molecule has 5 aromatic rings. The second-order valence-electron chi connectivity index (χ2n) is 7.13. The average Bonchev–Trinajstić information content (AvgIpc) is 3.35. The lowest BCUT2D eigenvalue weighted by Gasteiger charge is -2.07. The monoisotopic (exact) mass is 440 g/mol. The number of alkyl halides is 3. The summed E-state index contributed by atoms with van der Waals surface area (Å²) in [6.45, 7) is 1.57. The zero-order chi connectivity index (χ0) is 22.6. The Balaban J connectivity index is 1.80. The largest absolute Gasteiger partial charge is 0.497 e. The van der Waals surface area contributed by atoms with Crippen LogP contribution in [-0.4, -0.2) is 26.7 Å². The normalized spacial score (nSPS) is 12.0. The van der Waals surface area contributed by atoms with Crippen LogP contribution in [0.4, 0.5) is 13.2 Å². The molecule has 1 N–H and O–H groups in total. The maximum absolute atomic E-state index is 13.8. The number of benzene rings is 2. The number of nitrogens with zero attached hydrogens (tertiary/aromatic N) is 3. The molecule has 162 valence electrons. The number of rotatable bonds is 3. The molecule has 0 aliphatic rings. The molecule has 10 heteroatoms. The minimum atomic E-state index is -4.76. The Bertz CT molecular complexity index is 1530. The molecule has 0 aliphatic carbocycles. The third-order valence-electron chi connectivity index (χ3n) is 5.11. The summed E-state index contributed by atoms with van der Waals surface area (Å²) in [6, 6.07) is 12.9. The Morgan fingerprint density at radius 1 is 1.09 bits per heavy atom. The first-order chi connectivity index (χ1) is 15.3. The van der Waals surface area contributed by atoms with Crippen LogP contribution in [0.25, 0.3) is 39.3 Å². The van der Waals surface area contributed by atoms with Crippen LogP contribution in [0, 0.1) is 6.92 Å². The van der Waals surface area contributed by atoms with Crippen molar-refractivity contribution in [3.05, 3.63) is 70.3 Å². The van der Waals surface area contributed by atoms with Crippen molar-refractivity contribution < 1.29 is 22.3 Å². The summed E-state index contributed by atoms with van der Waals surface area (Å²) in [5, 5.41) is 3.63. The number of aromatic amines is 1. The van der Waals surface area contributed by atoms with Gasteiger partial charge in [-0.1, -0.05) is 30.3 Å². The Labute approximate surface area is 178 Å². The first-order valence-electron chi connectivity index (χ1n) is 9.51. The van der Waals surface area contributed by atoms with Gasteiger partial charge in [-0.3, -0.25) is 4.79 Å². The molecule has 0 radical (unpaired) electrons. The molecule has 0 saturated carbocycles. The van der Waals surface area contributed by atoms with Gasteiger partial charge in [-0.15, -0.1) is 0 Å². The van der Waals surface area contributed by atoms with Crippen molar-refractivity contribution in [3.8, 4) is 28.3 Å². The van der Waals surface area contributed by atoms with Gasteiger partial charge in [0, 0.05) is 11.8 Å². The molecule has 0 saturated heterocycles. The van der Waals surface area contributed by atoms with Crippen LogP contribution < -0.4 is 10.3 Å². The van der Waals surface area contributed by atoms with E-state index in [1.807, 2.05) is 0 Å². The lowest BCUT2D eigenvalue weighted by Crippen LogP contribution is -2.19. The third-order valence-corrected chi connectivity index (χ3v) is 5.11. The SMILES string of the molecule is COc1ccc2oc(-c3c(C)[nH]c4c(-c5ccccc5)c(C(F)(F)F)nn4c3=O)nc2c1. The fourth-order valence-corrected chi connectivity index (χ4v) is 3.66. The van der Waals surface area contributed by atoms with Crippen molar-refractivity contribution in [1.29, 1.82) is 0 Å². The number of methoxy groups -OCH3 is 1. The van der Waals surface area contributed by atoms with Crippen LogP contribution in [0.5, 0.6) is 5.75 Å². The lowest BCUT2D eigenvalue weighted by molar-refractivity contribution is -0.140. The van der Waals surface area contributed by atoms with Crippen molar-refractivity contribution in [2.75, 3.05) is 7.11 Å². The number of oxazole rings is 1. The van der Waals surface area contributed by atoms with Crippen LogP contribution in [-0.2, 0) is 6.18 Å². The number of H-pyrrole nitrogens is 1. The highest BCUT2D eigenvalue weighted by Crippen LogP contribution is 2.38. The van der Waals surface area contributed by atoms with Crippen molar-refractivity contribution in [2.45, 2.75) is 13.1 Å². The molecule has 0 fully saturated rings. The van der Waals surface area contributed by atoms with E-state index in [2.05, 4.69) is 15.1 Å². The van der Waals surface area contributed by atoms with Crippen LogP contribution in [0.1, 0.15) is 11.4 Å². The Morgan fingerprint density at radius 2 is 1.84 bits per heavy atom. The van der Waals surface area contributed by atoms with E-state index in [-0.39, 0.29) is 28.2 Å². The van der Waals surface area contributed by atoms with Crippen molar-refractivity contribution in [1.82, 2.24) is 19.6 Å². The number of aryl methyl sites for hydroxylation is 1. The lowest BCUT2D eigenvalue weighted by atomic mass is 10.1. The van der Waals surface area contributed by atoms with E-state index in [9.17, 15) is 18.0 Å². The maximum Gasteiger partial charge on any atom is 0.435 e. The first kappa shape index (κ1) is 19.9. The quantitative estimate of drug-likeness (QED) is 0.434. The number of hydrogen-bond acceptors (Lipinski definition) is 5. The summed E-state index contributed by atoms with van der Waals surface area (Å²) < 4.78 is 53.0. The molecule has 0 spiro atoms. The molecule has 0 atom stereocenters. The Kier molecular flexibility index (Phi) is 4.33. The predicted octanol–water partition coefficient (Wildman–Crippen LogP) is 4.83. The summed E-state index contributed by atoms with van der Waals surface area (Å²) in [6.07, 6.45) is -4.76. The van der Waals surface area contributed by atoms with Gasteiger partial charge in [0.15, 0.2) is 11.3 Å². The zero-order valence-corrected chi connectivity index (χ0v) is 16.8. The molecule has 0 bridgehead atoms. The molecule has 3 aromatic heterocycles. The summed E-state index contributed by atoms with van der Waals surface area (Å²) in [7, 11) is 1.51. The first-order valence-corrected chi connectivity index (χ1v) is 9.51. The summed E-state index contributed by atoms with van der Waals surface area (Å²) >= 11 is 0. The van der Waals surface area contributed by atoms with E-state index in [0.29, 0.717) is 27.1 Å². The maximum atomic E-state index is 13.8. The Hall–Kier alpha value is -4.08. The molecule has 0 aliphatic heterocycles. The second kappa shape index (κ2) is 6.98. The minimum Gasteiger partial charge on any atom is -0.497 e. The number of halogens is 3. The van der Waals surface area contributed by atoms with Gasteiger partial charge in [-0.2, -0.15) is 22.8 Å². The second-order valence-corrected chi connectivity index (χ2v) is 7.13. The van der Waals surface area contributed by atoms with Gasteiger partial charge in [-0.25, -0.2) is 4.98 Å². The zero-order valence-electron chi connectivity index (χ0n) is 16.8. The standard InChI is InChI=1S/C22H15F3N4O3/c1-11-16(20-27-14-10-13(31-2)8-9-15(14)32-20)21(30)29-19(26-11)17(12-6-4-3-5-7-12)18(28-29)22(23,24)25/h3-10,26H,1-2H3. The summed E-state index contributed by atoms with van der Waals surface area (Å²) in [5.41, 5.74) is -0.777. The van der Waals surface area contributed by atoms with E-state index in [4.69, 9.17) is 9.15 Å². The van der Waals surface area contributed by atoms with Gasteiger partial charge in [0.1, 0.15) is 22.5 Å². The van der Waals surface area contributed by atoms with Crippen LogP contribution in [0.2, 0.25) is 0 Å².